The first-order chi connectivity index (χ1) is 12.0. The molecule has 1 N–H and O–H groups in total. The minimum Gasteiger partial charge on any atom is -0.467 e. The van der Waals surface area contributed by atoms with Crippen molar-refractivity contribution in [3.05, 3.63) is 28.2 Å². The third-order valence-electron chi connectivity index (χ3n) is 4.45. The fourth-order valence-corrected chi connectivity index (χ4v) is 3.20. The second-order valence-corrected chi connectivity index (χ2v) is 7.71. The molecule has 1 aromatic rings. The van der Waals surface area contributed by atoms with Gasteiger partial charge in [0.25, 0.3) is 0 Å². The van der Waals surface area contributed by atoms with Crippen LogP contribution in [0, 0.1) is 5.92 Å². The van der Waals surface area contributed by atoms with E-state index in [2.05, 4.69) is 35.1 Å². The number of carbonyl (C=O) groups is 1. The zero-order chi connectivity index (χ0) is 18.3. The lowest BCUT2D eigenvalue weighted by Gasteiger charge is -2.36. The first kappa shape index (κ1) is 20.2. The van der Waals surface area contributed by atoms with E-state index in [1.165, 1.54) is 7.11 Å². The van der Waals surface area contributed by atoms with Crippen molar-refractivity contribution in [1.29, 1.82) is 0 Å². The Labute approximate surface area is 158 Å². The second kappa shape index (κ2) is 9.55. The van der Waals surface area contributed by atoms with Crippen LogP contribution in [0.15, 0.2) is 22.7 Å². The predicted molar refractivity (Wildman–Crippen MR) is 102 cm³/mol. The lowest BCUT2D eigenvalue weighted by Crippen LogP contribution is -2.51. The summed E-state index contributed by atoms with van der Waals surface area (Å²) in [6, 6.07) is 5.97. The van der Waals surface area contributed by atoms with Crippen molar-refractivity contribution in [2.45, 2.75) is 45.3 Å². The van der Waals surface area contributed by atoms with Crippen molar-refractivity contribution in [3.8, 4) is 0 Å². The Morgan fingerprint density at radius 3 is 2.72 bits per heavy atom. The maximum atomic E-state index is 12.3. The molecule has 0 atom stereocenters. The van der Waals surface area contributed by atoms with E-state index in [1.54, 1.807) is 0 Å². The van der Waals surface area contributed by atoms with E-state index < -0.39 is 5.54 Å². The smallest absolute Gasteiger partial charge is 0.331 e. The zero-order valence-electron chi connectivity index (χ0n) is 15.3. The van der Waals surface area contributed by atoms with Crippen LogP contribution in [-0.4, -0.2) is 38.4 Å². The topological polar surface area (TPSA) is 56.8 Å². The number of benzene rings is 1. The van der Waals surface area contributed by atoms with E-state index in [0.29, 0.717) is 38.6 Å². The number of anilines is 1. The average Bonchev–Trinajstić information content (AvgIpc) is 2.61. The van der Waals surface area contributed by atoms with Crippen LogP contribution in [0.1, 0.15) is 38.7 Å². The average molecular weight is 414 g/mol. The van der Waals surface area contributed by atoms with Crippen LogP contribution in [0.25, 0.3) is 0 Å². The third-order valence-corrected chi connectivity index (χ3v) is 5.22. The van der Waals surface area contributed by atoms with Gasteiger partial charge >= 0.3 is 5.97 Å². The maximum Gasteiger partial charge on any atom is 0.331 e. The molecule has 1 fully saturated rings. The highest BCUT2D eigenvalue weighted by molar-refractivity contribution is 9.10. The van der Waals surface area contributed by atoms with Crippen LogP contribution in [0.2, 0.25) is 0 Å². The monoisotopic (exact) mass is 413 g/mol. The van der Waals surface area contributed by atoms with Gasteiger partial charge in [-0.1, -0.05) is 29.8 Å². The Balaban J connectivity index is 2.07. The molecular formula is C19H28BrNO4. The molecular weight excluding hydrogens is 386 g/mol. The first-order valence-electron chi connectivity index (χ1n) is 8.77. The van der Waals surface area contributed by atoms with E-state index in [1.807, 2.05) is 18.2 Å². The minimum absolute atomic E-state index is 0.242. The van der Waals surface area contributed by atoms with Gasteiger partial charge in [0.15, 0.2) is 0 Å². The summed E-state index contributed by atoms with van der Waals surface area (Å²) in [6.45, 7) is 6.74. The van der Waals surface area contributed by atoms with Crippen LogP contribution in [-0.2, 0) is 25.6 Å². The molecule has 0 spiro atoms. The molecule has 1 heterocycles. The molecule has 5 nitrogen and oxygen atoms in total. The number of hydrogen-bond donors (Lipinski definition) is 1. The molecule has 0 amide bonds. The van der Waals surface area contributed by atoms with Gasteiger partial charge in [0.1, 0.15) is 5.54 Å². The Hall–Kier alpha value is -1.11. The van der Waals surface area contributed by atoms with Gasteiger partial charge in [-0.05, 0) is 36.1 Å². The van der Waals surface area contributed by atoms with Gasteiger partial charge in [0, 0.05) is 42.8 Å². The molecule has 2 rings (SSSR count). The Morgan fingerprint density at radius 2 is 2.08 bits per heavy atom. The van der Waals surface area contributed by atoms with E-state index >= 15 is 0 Å². The number of carbonyl (C=O) groups excluding carboxylic acids is 1. The quantitative estimate of drug-likeness (QED) is 0.512. The number of nitrogens with one attached hydrogen (secondary N) is 1. The van der Waals surface area contributed by atoms with Gasteiger partial charge in [0.05, 0.1) is 13.7 Å². The molecule has 0 aromatic heterocycles. The molecule has 0 aliphatic carbocycles. The SMILES string of the molecule is COC(=O)C1(Nc2ccc(Br)c(COCCC(C)C)c2)CCOCC1. The molecule has 0 unspecified atom stereocenters. The molecule has 0 radical (unpaired) electrons. The summed E-state index contributed by atoms with van der Waals surface area (Å²) in [7, 11) is 1.43. The van der Waals surface area contributed by atoms with Crippen LogP contribution >= 0.6 is 15.9 Å². The van der Waals surface area contributed by atoms with Gasteiger partial charge in [-0.2, -0.15) is 0 Å². The molecule has 1 aromatic carbocycles. The molecule has 0 bridgehead atoms. The summed E-state index contributed by atoms with van der Waals surface area (Å²) in [5.74, 6) is 0.387. The Bertz CT molecular complexity index is 571. The number of ether oxygens (including phenoxy) is 3. The van der Waals surface area contributed by atoms with Crippen molar-refractivity contribution in [2.24, 2.45) is 5.92 Å². The lowest BCUT2D eigenvalue weighted by atomic mass is 9.89. The van der Waals surface area contributed by atoms with Crippen LogP contribution < -0.4 is 5.32 Å². The lowest BCUT2D eigenvalue weighted by molar-refractivity contribution is -0.149. The van der Waals surface area contributed by atoms with Gasteiger partial charge in [0.2, 0.25) is 0 Å². The molecule has 6 heteroatoms. The van der Waals surface area contributed by atoms with Crippen molar-refractivity contribution in [2.75, 3.05) is 32.2 Å². The van der Waals surface area contributed by atoms with E-state index in [9.17, 15) is 4.79 Å². The molecule has 25 heavy (non-hydrogen) atoms. The number of esters is 1. The van der Waals surface area contributed by atoms with Crippen molar-refractivity contribution >= 4 is 27.6 Å². The summed E-state index contributed by atoms with van der Waals surface area (Å²) in [5.41, 5.74) is 1.22. The van der Waals surface area contributed by atoms with Crippen molar-refractivity contribution in [3.63, 3.8) is 0 Å². The molecule has 0 saturated carbocycles. The van der Waals surface area contributed by atoms with E-state index in [0.717, 1.165) is 28.8 Å². The number of rotatable bonds is 8. The third kappa shape index (κ3) is 5.69. The summed E-state index contributed by atoms with van der Waals surface area (Å²) in [4.78, 5) is 12.3. The van der Waals surface area contributed by atoms with Crippen LogP contribution in [0.4, 0.5) is 5.69 Å². The van der Waals surface area contributed by atoms with Gasteiger partial charge < -0.3 is 19.5 Å². The highest BCUT2D eigenvalue weighted by atomic mass is 79.9. The number of halogens is 1. The van der Waals surface area contributed by atoms with Gasteiger partial charge in [-0.25, -0.2) is 4.79 Å². The second-order valence-electron chi connectivity index (χ2n) is 6.85. The first-order valence-corrected chi connectivity index (χ1v) is 9.56. The zero-order valence-corrected chi connectivity index (χ0v) is 16.9. The fraction of sp³-hybridized carbons (Fsp3) is 0.632. The number of methoxy groups -OCH3 is 1. The van der Waals surface area contributed by atoms with Crippen molar-refractivity contribution in [1.82, 2.24) is 0 Å². The highest BCUT2D eigenvalue weighted by Crippen LogP contribution is 2.30. The van der Waals surface area contributed by atoms with E-state index in [-0.39, 0.29) is 5.97 Å². The van der Waals surface area contributed by atoms with Crippen LogP contribution in [0.5, 0.6) is 0 Å². The molecule has 1 aliphatic rings. The summed E-state index contributed by atoms with van der Waals surface area (Å²) >= 11 is 3.57. The van der Waals surface area contributed by atoms with Crippen LogP contribution in [0.3, 0.4) is 0 Å². The fourth-order valence-electron chi connectivity index (χ4n) is 2.84. The largest absolute Gasteiger partial charge is 0.467 e. The van der Waals surface area contributed by atoms with Crippen molar-refractivity contribution < 1.29 is 19.0 Å². The van der Waals surface area contributed by atoms with Gasteiger partial charge in [-0.3, -0.25) is 0 Å². The summed E-state index contributed by atoms with van der Waals surface area (Å²) in [5, 5.41) is 3.39. The standard InChI is InChI=1S/C19H28BrNO4/c1-14(2)6-9-25-13-15-12-16(4-5-17(15)20)21-19(18(22)23-3)7-10-24-11-8-19/h4-5,12,14,21H,6-11,13H2,1-3H3. The highest BCUT2D eigenvalue weighted by Gasteiger charge is 2.41. The summed E-state index contributed by atoms with van der Waals surface area (Å²) in [6.07, 6.45) is 2.23. The minimum atomic E-state index is -0.726. The molecule has 140 valence electrons. The number of hydrogen-bond acceptors (Lipinski definition) is 5. The van der Waals surface area contributed by atoms with E-state index in [4.69, 9.17) is 14.2 Å². The molecule has 1 aliphatic heterocycles. The molecule has 1 saturated heterocycles. The normalized spacial score (nSPS) is 16.7. The predicted octanol–water partition coefficient (Wildman–Crippen LogP) is 4.15. The Morgan fingerprint density at radius 1 is 1.36 bits per heavy atom. The maximum absolute atomic E-state index is 12.3. The Kier molecular flexibility index (Phi) is 7.72. The van der Waals surface area contributed by atoms with Gasteiger partial charge in [-0.15, -0.1) is 0 Å². The summed E-state index contributed by atoms with van der Waals surface area (Å²) < 4.78 is 17.2.